The molecular weight excluding hydrogens is 232 g/mol. The normalized spacial score (nSPS) is 10.4. The fourth-order valence-electron chi connectivity index (χ4n) is 1.85. The highest BCUT2D eigenvalue weighted by atomic mass is 15.1. The maximum Gasteiger partial charge on any atom is 0.0927 e. The van der Waals surface area contributed by atoms with E-state index in [0.29, 0.717) is 0 Å². The standard InChI is InChI=1S/C15H12N2.C2H6/c1-2-6-12(7-3-1)10-11-15-13-8-4-5-9-14(13)16-17-15;1-2/h1-11H,(H,16,17);1-2H3/b11-10+;. The highest BCUT2D eigenvalue weighted by Crippen LogP contribution is 2.17. The zero-order valence-electron chi connectivity index (χ0n) is 11.3. The molecule has 0 saturated carbocycles. The second-order valence-electron chi connectivity index (χ2n) is 3.90. The second kappa shape index (κ2) is 6.55. The first kappa shape index (κ1) is 13.1. The van der Waals surface area contributed by atoms with Crippen molar-refractivity contribution in [3.63, 3.8) is 0 Å². The summed E-state index contributed by atoms with van der Waals surface area (Å²) in [6.07, 6.45) is 4.11. The summed E-state index contributed by atoms with van der Waals surface area (Å²) in [5, 5.41) is 8.47. The summed E-state index contributed by atoms with van der Waals surface area (Å²) < 4.78 is 0. The Kier molecular flexibility index (Phi) is 4.51. The molecule has 2 heteroatoms. The van der Waals surface area contributed by atoms with Crippen molar-refractivity contribution in [1.82, 2.24) is 10.2 Å². The lowest BCUT2D eigenvalue weighted by atomic mass is 10.1. The third-order valence-electron chi connectivity index (χ3n) is 2.73. The van der Waals surface area contributed by atoms with E-state index in [9.17, 15) is 0 Å². The Morgan fingerprint density at radius 2 is 1.53 bits per heavy atom. The van der Waals surface area contributed by atoms with Gasteiger partial charge in [0.25, 0.3) is 0 Å². The van der Waals surface area contributed by atoms with Crippen LogP contribution in [0.25, 0.3) is 23.1 Å². The van der Waals surface area contributed by atoms with Crippen LogP contribution in [0, 0.1) is 0 Å². The summed E-state index contributed by atoms with van der Waals surface area (Å²) in [5.41, 5.74) is 3.23. The maximum atomic E-state index is 4.30. The van der Waals surface area contributed by atoms with Crippen LogP contribution >= 0.6 is 0 Å². The van der Waals surface area contributed by atoms with E-state index in [4.69, 9.17) is 0 Å². The lowest BCUT2D eigenvalue weighted by Crippen LogP contribution is -1.73. The zero-order chi connectivity index (χ0) is 13.5. The van der Waals surface area contributed by atoms with Gasteiger partial charge in [0, 0.05) is 5.39 Å². The molecule has 0 fully saturated rings. The van der Waals surface area contributed by atoms with Crippen molar-refractivity contribution in [3.8, 4) is 0 Å². The van der Waals surface area contributed by atoms with Crippen LogP contribution in [0.5, 0.6) is 0 Å². The molecule has 1 heterocycles. The lowest BCUT2D eigenvalue weighted by Gasteiger charge is -1.91. The number of aromatic amines is 1. The van der Waals surface area contributed by atoms with Gasteiger partial charge in [0.2, 0.25) is 0 Å². The van der Waals surface area contributed by atoms with Gasteiger partial charge in [0.05, 0.1) is 11.2 Å². The summed E-state index contributed by atoms with van der Waals surface area (Å²) in [4.78, 5) is 0. The minimum atomic E-state index is 0.976. The Morgan fingerprint density at radius 3 is 2.32 bits per heavy atom. The molecule has 0 unspecified atom stereocenters. The van der Waals surface area contributed by atoms with E-state index in [1.807, 2.05) is 56.3 Å². The minimum Gasteiger partial charge on any atom is -0.277 e. The van der Waals surface area contributed by atoms with Gasteiger partial charge in [-0.15, -0.1) is 0 Å². The van der Waals surface area contributed by atoms with Gasteiger partial charge in [0.1, 0.15) is 0 Å². The molecule has 0 bridgehead atoms. The van der Waals surface area contributed by atoms with Crippen molar-refractivity contribution in [2.75, 3.05) is 0 Å². The smallest absolute Gasteiger partial charge is 0.0927 e. The summed E-state index contributed by atoms with van der Waals surface area (Å²) in [7, 11) is 0. The Bertz CT molecular complexity index is 651. The van der Waals surface area contributed by atoms with Crippen molar-refractivity contribution >= 4 is 23.1 Å². The third kappa shape index (κ3) is 3.10. The van der Waals surface area contributed by atoms with Gasteiger partial charge in [0.15, 0.2) is 0 Å². The van der Waals surface area contributed by atoms with Gasteiger partial charge in [-0.2, -0.15) is 5.10 Å². The number of hydrogen-bond acceptors (Lipinski definition) is 1. The van der Waals surface area contributed by atoms with Crippen LogP contribution in [0.1, 0.15) is 25.1 Å². The molecule has 3 aromatic rings. The van der Waals surface area contributed by atoms with E-state index in [1.54, 1.807) is 0 Å². The van der Waals surface area contributed by atoms with Crippen molar-refractivity contribution in [1.29, 1.82) is 0 Å². The fourth-order valence-corrected chi connectivity index (χ4v) is 1.85. The second-order valence-corrected chi connectivity index (χ2v) is 3.90. The number of nitrogens with zero attached hydrogens (tertiary/aromatic N) is 1. The van der Waals surface area contributed by atoms with Gasteiger partial charge in [-0.3, -0.25) is 5.10 Å². The molecule has 0 atom stereocenters. The van der Waals surface area contributed by atoms with Gasteiger partial charge in [-0.1, -0.05) is 68.5 Å². The summed E-state index contributed by atoms with van der Waals surface area (Å²) >= 11 is 0. The zero-order valence-corrected chi connectivity index (χ0v) is 11.3. The molecule has 2 aromatic carbocycles. The number of H-pyrrole nitrogens is 1. The first-order chi connectivity index (χ1) is 9.43. The van der Waals surface area contributed by atoms with Crippen LogP contribution in [-0.4, -0.2) is 10.2 Å². The number of hydrogen-bond donors (Lipinski definition) is 1. The Hall–Kier alpha value is -2.35. The van der Waals surface area contributed by atoms with Crippen LogP contribution in [0.4, 0.5) is 0 Å². The number of benzene rings is 2. The average molecular weight is 250 g/mol. The molecule has 0 spiro atoms. The number of aromatic nitrogens is 2. The molecule has 1 N–H and O–H groups in total. The van der Waals surface area contributed by atoms with E-state index in [0.717, 1.165) is 16.6 Å². The van der Waals surface area contributed by atoms with Gasteiger partial charge < -0.3 is 0 Å². The van der Waals surface area contributed by atoms with Crippen LogP contribution < -0.4 is 0 Å². The van der Waals surface area contributed by atoms with Crippen molar-refractivity contribution < 1.29 is 0 Å². The molecule has 1 aromatic heterocycles. The Balaban J connectivity index is 0.000000637. The quantitative estimate of drug-likeness (QED) is 0.698. The molecule has 19 heavy (non-hydrogen) atoms. The van der Waals surface area contributed by atoms with E-state index >= 15 is 0 Å². The number of nitrogens with one attached hydrogen (secondary N) is 1. The molecule has 0 aliphatic heterocycles. The lowest BCUT2D eigenvalue weighted by molar-refractivity contribution is 1.11. The first-order valence-electron chi connectivity index (χ1n) is 6.60. The maximum absolute atomic E-state index is 4.30. The summed E-state index contributed by atoms with van der Waals surface area (Å²) in [5.74, 6) is 0. The third-order valence-corrected chi connectivity index (χ3v) is 2.73. The van der Waals surface area contributed by atoms with Gasteiger partial charge in [-0.05, 0) is 17.7 Å². The van der Waals surface area contributed by atoms with Crippen LogP contribution in [-0.2, 0) is 0 Å². The highest BCUT2D eigenvalue weighted by Gasteiger charge is 2.00. The van der Waals surface area contributed by atoms with E-state index in [1.165, 1.54) is 5.56 Å². The van der Waals surface area contributed by atoms with E-state index < -0.39 is 0 Å². The van der Waals surface area contributed by atoms with Crippen LogP contribution in [0.2, 0.25) is 0 Å². The largest absolute Gasteiger partial charge is 0.277 e. The van der Waals surface area contributed by atoms with Crippen LogP contribution in [0.3, 0.4) is 0 Å². The van der Waals surface area contributed by atoms with Crippen molar-refractivity contribution in [2.45, 2.75) is 13.8 Å². The predicted octanol–water partition coefficient (Wildman–Crippen LogP) is 4.76. The van der Waals surface area contributed by atoms with Crippen molar-refractivity contribution in [2.24, 2.45) is 0 Å². The highest BCUT2D eigenvalue weighted by molar-refractivity contribution is 5.89. The predicted molar refractivity (Wildman–Crippen MR) is 82.8 cm³/mol. The van der Waals surface area contributed by atoms with Crippen molar-refractivity contribution in [3.05, 3.63) is 65.9 Å². The Labute approximate surface area is 113 Å². The Morgan fingerprint density at radius 1 is 0.842 bits per heavy atom. The molecule has 0 saturated heterocycles. The van der Waals surface area contributed by atoms with Gasteiger partial charge in [-0.25, -0.2) is 0 Å². The molecular formula is C17H18N2. The van der Waals surface area contributed by atoms with E-state index in [2.05, 4.69) is 34.5 Å². The summed E-state index contributed by atoms with van der Waals surface area (Å²) in [6.45, 7) is 4.00. The fraction of sp³-hybridized carbons (Fsp3) is 0.118. The molecule has 0 aliphatic rings. The van der Waals surface area contributed by atoms with E-state index in [-0.39, 0.29) is 0 Å². The van der Waals surface area contributed by atoms with Gasteiger partial charge >= 0.3 is 0 Å². The average Bonchev–Trinajstić information content (AvgIpc) is 2.92. The SMILES string of the molecule is C(=C\c1n[nH]c2ccccc12)/c1ccccc1.CC. The molecule has 2 nitrogen and oxygen atoms in total. The minimum absolute atomic E-state index is 0.976. The van der Waals surface area contributed by atoms with Crippen LogP contribution in [0.15, 0.2) is 54.6 Å². The number of para-hydroxylation sites is 1. The molecule has 96 valence electrons. The topological polar surface area (TPSA) is 28.7 Å². The molecule has 3 rings (SSSR count). The first-order valence-corrected chi connectivity index (χ1v) is 6.60. The summed E-state index contributed by atoms with van der Waals surface area (Å²) in [6, 6.07) is 18.4. The molecule has 0 aliphatic carbocycles. The molecule has 0 amide bonds. The molecule has 0 radical (unpaired) electrons. The number of fused-ring (bicyclic) bond motifs is 1. The number of rotatable bonds is 2. The monoisotopic (exact) mass is 250 g/mol.